The fraction of sp³-hybridized carbons (Fsp3) is 0.233. The van der Waals surface area contributed by atoms with Gasteiger partial charge in [-0.3, -0.25) is 0 Å². The number of rotatable bonds is 13. The molecule has 0 heterocycles. The molecule has 0 spiro atoms. The van der Waals surface area contributed by atoms with E-state index < -0.39 is 24.1 Å². The van der Waals surface area contributed by atoms with Gasteiger partial charge in [0.1, 0.15) is 11.5 Å². The van der Waals surface area contributed by atoms with Gasteiger partial charge in [-0.15, -0.1) is 13.2 Å². The monoisotopic (exact) mass is 556 g/mol. The summed E-state index contributed by atoms with van der Waals surface area (Å²) < 4.78 is 56.1. The Hall–Kier alpha value is -4.60. The fourth-order valence-electron chi connectivity index (χ4n) is 3.37. The van der Waals surface area contributed by atoms with Crippen LogP contribution in [-0.2, 0) is 14.3 Å². The number of benzene rings is 3. The first-order valence-corrected chi connectivity index (χ1v) is 12.4. The molecule has 3 aromatic carbocycles. The molecule has 0 unspecified atom stereocenters. The summed E-state index contributed by atoms with van der Waals surface area (Å²) in [6.07, 6.45) is 1.09. The van der Waals surface area contributed by atoms with E-state index in [1.807, 2.05) is 6.07 Å². The molecule has 0 saturated heterocycles. The molecule has 0 aliphatic heterocycles. The van der Waals surface area contributed by atoms with E-state index in [0.717, 1.165) is 43.5 Å². The minimum Gasteiger partial charge on any atom is -0.463 e. The van der Waals surface area contributed by atoms with E-state index in [-0.39, 0.29) is 23.9 Å². The highest BCUT2D eigenvalue weighted by Gasteiger charge is 2.31. The zero-order chi connectivity index (χ0) is 28.8. The van der Waals surface area contributed by atoms with Crippen molar-refractivity contribution in [1.82, 2.24) is 0 Å². The van der Waals surface area contributed by atoms with E-state index in [1.165, 1.54) is 18.2 Å². The standard InChI is InChI=1S/C30H27F3O7/c31-30(32,33)40-26-17-13-24(14-18-26)29(36)39-25-15-10-22(11-16-25)12-19-27(34)37-20-6-1-2-7-21-38-28(35)23-8-4-3-5-9-23/h3-5,8-19H,1-2,6-7,20-21H2/b19-12+. The molecule has 0 atom stereocenters. The topological polar surface area (TPSA) is 88.1 Å². The number of halogens is 3. The minimum atomic E-state index is -4.82. The number of hydrogen-bond acceptors (Lipinski definition) is 7. The van der Waals surface area contributed by atoms with Gasteiger partial charge in [-0.1, -0.05) is 30.3 Å². The first kappa shape index (κ1) is 29.9. The van der Waals surface area contributed by atoms with Gasteiger partial charge >= 0.3 is 24.3 Å². The predicted molar refractivity (Wildman–Crippen MR) is 140 cm³/mol. The van der Waals surface area contributed by atoms with Crippen LogP contribution in [0.1, 0.15) is 52.0 Å². The van der Waals surface area contributed by atoms with Crippen molar-refractivity contribution in [2.75, 3.05) is 13.2 Å². The largest absolute Gasteiger partial charge is 0.573 e. The first-order valence-electron chi connectivity index (χ1n) is 12.4. The van der Waals surface area contributed by atoms with Crippen LogP contribution in [0.25, 0.3) is 6.08 Å². The SMILES string of the molecule is O=C(/C=C/c1ccc(OC(=O)c2ccc(OC(F)(F)F)cc2)cc1)OCCCCCCOC(=O)c1ccccc1. The summed E-state index contributed by atoms with van der Waals surface area (Å²) in [6, 6.07) is 19.4. The normalized spacial score (nSPS) is 11.2. The summed E-state index contributed by atoms with van der Waals surface area (Å²) in [5.41, 5.74) is 1.23. The van der Waals surface area contributed by atoms with E-state index in [1.54, 1.807) is 42.5 Å². The van der Waals surface area contributed by atoms with Crippen molar-refractivity contribution in [1.29, 1.82) is 0 Å². The Kier molecular flexibility index (Phi) is 11.3. The zero-order valence-electron chi connectivity index (χ0n) is 21.4. The summed E-state index contributed by atoms with van der Waals surface area (Å²) >= 11 is 0. The Bertz CT molecular complexity index is 1270. The molecule has 0 aliphatic carbocycles. The maximum Gasteiger partial charge on any atom is 0.573 e. The summed E-state index contributed by atoms with van der Waals surface area (Å²) in [6.45, 7) is 0.604. The van der Waals surface area contributed by atoms with Crippen molar-refractivity contribution in [2.45, 2.75) is 32.0 Å². The molecular formula is C30H27F3O7. The second-order valence-electron chi connectivity index (χ2n) is 8.45. The molecule has 0 radical (unpaired) electrons. The quantitative estimate of drug-likeness (QED) is 0.0993. The average molecular weight is 557 g/mol. The van der Waals surface area contributed by atoms with Crippen LogP contribution in [-0.4, -0.2) is 37.5 Å². The molecule has 210 valence electrons. The third kappa shape index (κ3) is 11.0. The van der Waals surface area contributed by atoms with E-state index in [4.69, 9.17) is 14.2 Å². The van der Waals surface area contributed by atoms with Crippen LogP contribution in [0.15, 0.2) is 84.9 Å². The van der Waals surface area contributed by atoms with Gasteiger partial charge in [-0.05, 0) is 85.9 Å². The number of unbranched alkanes of at least 4 members (excludes halogenated alkanes) is 3. The highest BCUT2D eigenvalue weighted by atomic mass is 19.4. The molecule has 10 heteroatoms. The van der Waals surface area contributed by atoms with E-state index >= 15 is 0 Å². The Morgan fingerprint density at radius 2 is 1.23 bits per heavy atom. The van der Waals surface area contributed by atoms with Gasteiger partial charge in [0.25, 0.3) is 0 Å². The van der Waals surface area contributed by atoms with E-state index in [9.17, 15) is 27.6 Å². The molecular weight excluding hydrogens is 529 g/mol. The fourth-order valence-corrected chi connectivity index (χ4v) is 3.37. The molecule has 0 saturated carbocycles. The molecule has 40 heavy (non-hydrogen) atoms. The maximum atomic E-state index is 12.2. The lowest BCUT2D eigenvalue weighted by Crippen LogP contribution is -2.17. The number of alkyl halides is 3. The van der Waals surface area contributed by atoms with Gasteiger partial charge in [0, 0.05) is 6.08 Å². The number of ether oxygens (including phenoxy) is 4. The molecule has 3 aromatic rings. The number of carbonyl (C=O) groups is 3. The van der Waals surface area contributed by atoms with Crippen LogP contribution in [0.5, 0.6) is 11.5 Å². The van der Waals surface area contributed by atoms with E-state index in [0.29, 0.717) is 24.2 Å². The van der Waals surface area contributed by atoms with Gasteiger partial charge in [0.2, 0.25) is 0 Å². The van der Waals surface area contributed by atoms with Crippen molar-refractivity contribution in [3.8, 4) is 11.5 Å². The first-order chi connectivity index (χ1) is 19.2. The second kappa shape index (κ2) is 15.1. The van der Waals surface area contributed by atoms with Crippen molar-refractivity contribution in [3.63, 3.8) is 0 Å². The number of hydrogen-bond donors (Lipinski definition) is 0. The molecule has 0 bridgehead atoms. The van der Waals surface area contributed by atoms with Crippen molar-refractivity contribution >= 4 is 24.0 Å². The van der Waals surface area contributed by atoms with Crippen molar-refractivity contribution < 1.29 is 46.5 Å². The van der Waals surface area contributed by atoms with Gasteiger partial charge in [0.15, 0.2) is 0 Å². The lowest BCUT2D eigenvalue weighted by Gasteiger charge is -2.09. The van der Waals surface area contributed by atoms with Crippen molar-refractivity contribution in [3.05, 3.63) is 102 Å². The zero-order valence-corrected chi connectivity index (χ0v) is 21.4. The Morgan fingerprint density at radius 1 is 0.650 bits per heavy atom. The highest BCUT2D eigenvalue weighted by Crippen LogP contribution is 2.23. The van der Waals surface area contributed by atoms with Crippen LogP contribution in [0.3, 0.4) is 0 Å². The van der Waals surface area contributed by atoms with Crippen LogP contribution in [0, 0.1) is 0 Å². The van der Waals surface area contributed by atoms with Crippen LogP contribution < -0.4 is 9.47 Å². The smallest absolute Gasteiger partial charge is 0.463 e. The predicted octanol–water partition coefficient (Wildman–Crippen LogP) is 6.78. The van der Waals surface area contributed by atoms with Crippen LogP contribution >= 0.6 is 0 Å². The molecule has 0 amide bonds. The third-order valence-electron chi connectivity index (χ3n) is 5.35. The van der Waals surface area contributed by atoms with Gasteiger partial charge in [-0.25, -0.2) is 14.4 Å². The molecule has 7 nitrogen and oxygen atoms in total. The molecule has 3 rings (SSSR count). The van der Waals surface area contributed by atoms with Gasteiger partial charge in [-0.2, -0.15) is 0 Å². The molecule has 0 aliphatic rings. The lowest BCUT2D eigenvalue weighted by molar-refractivity contribution is -0.274. The molecule has 0 N–H and O–H groups in total. The maximum absolute atomic E-state index is 12.2. The summed E-state index contributed by atoms with van der Waals surface area (Å²) in [7, 11) is 0. The number of esters is 3. The highest BCUT2D eigenvalue weighted by molar-refractivity contribution is 5.91. The molecule has 0 aromatic heterocycles. The minimum absolute atomic E-state index is 0.0488. The average Bonchev–Trinajstić information content (AvgIpc) is 2.94. The third-order valence-corrected chi connectivity index (χ3v) is 5.35. The summed E-state index contributed by atoms with van der Waals surface area (Å²) in [5, 5.41) is 0. The Labute approximate surface area is 229 Å². The van der Waals surface area contributed by atoms with E-state index in [2.05, 4.69) is 4.74 Å². The second-order valence-corrected chi connectivity index (χ2v) is 8.45. The summed E-state index contributed by atoms with van der Waals surface area (Å²) in [5.74, 6) is -1.82. The van der Waals surface area contributed by atoms with Crippen LogP contribution in [0.2, 0.25) is 0 Å². The number of carbonyl (C=O) groups excluding carboxylic acids is 3. The van der Waals surface area contributed by atoms with Gasteiger partial charge < -0.3 is 18.9 Å². The van der Waals surface area contributed by atoms with Gasteiger partial charge in [0.05, 0.1) is 24.3 Å². The summed E-state index contributed by atoms with van der Waals surface area (Å²) in [4.78, 5) is 36.0. The van der Waals surface area contributed by atoms with Crippen molar-refractivity contribution in [2.24, 2.45) is 0 Å². The van der Waals surface area contributed by atoms with Crippen LogP contribution in [0.4, 0.5) is 13.2 Å². The Morgan fingerprint density at radius 3 is 1.85 bits per heavy atom. The lowest BCUT2D eigenvalue weighted by atomic mass is 10.2. The molecule has 0 fully saturated rings. The Balaban J connectivity index is 1.29.